The molecular weight excluding hydrogens is 221 g/mol. The molecule has 0 aliphatic heterocycles. The molecule has 5 nitrogen and oxygen atoms in total. The van der Waals surface area contributed by atoms with Gasteiger partial charge in [0.15, 0.2) is 0 Å². The van der Waals surface area contributed by atoms with Gasteiger partial charge in [-0.05, 0) is 26.1 Å². The highest BCUT2D eigenvalue weighted by Gasteiger charge is 2.07. The molecule has 0 aliphatic carbocycles. The van der Waals surface area contributed by atoms with Crippen molar-refractivity contribution < 1.29 is 4.39 Å². The third-order valence-corrected chi connectivity index (χ3v) is 2.48. The molecule has 90 valence electrons. The van der Waals surface area contributed by atoms with Crippen molar-refractivity contribution in [1.29, 1.82) is 0 Å². The molecule has 0 spiro atoms. The molecular formula is C11H14FN5. The monoisotopic (exact) mass is 235 g/mol. The van der Waals surface area contributed by atoms with Crippen LogP contribution in [-0.2, 0) is 6.54 Å². The zero-order valence-corrected chi connectivity index (χ0v) is 9.76. The van der Waals surface area contributed by atoms with Crippen LogP contribution in [0, 0.1) is 5.82 Å². The molecule has 0 bridgehead atoms. The summed E-state index contributed by atoms with van der Waals surface area (Å²) in [4.78, 5) is 3.95. The van der Waals surface area contributed by atoms with Gasteiger partial charge in [-0.1, -0.05) is 5.21 Å². The van der Waals surface area contributed by atoms with E-state index in [0.29, 0.717) is 17.4 Å². The number of nitrogens with zero attached hydrogens (tertiary/aromatic N) is 4. The first kappa shape index (κ1) is 11.7. The fourth-order valence-corrected chi connectivity index (χ4v) is 1.40. The van der Waals surface area contributed by atoms with E-state index in [1.165, 1.54) is 12.3 Å². The van der Waals surface area contributed by atoms with Crippen LogP contribution in [-0.4, -0.2) is 33.1 Å². The van der Waals surface area contributed by atoms with E-state index in [4.69, 9.17) is 0 Å². The van der Waals surface area contributed by atoms with Crippen LogP contribution in [0.2, 0.25) is 0 Å². The first-order valence-corrected chi connectivity index (χ1v) is 5.38. The molecule has 0 amide bonds. The Balaban J connectivity index is 2.15. The molecule has 0 saturated heterocycles. The zero-order valence-electron chi connectivity index (χ0n) is 9.76. The Morgan fingerprint density at radius 3 is 2.88 bits per heavy atom. The number of hydrogen-bond donors (Lipinski definition) is 1. The third-order valence-electron chi connectivity index (χ3n) is 2.48. The normalized spacial score (nSPS) is 12.6. The molecule has 0 saturated carbocycles. The van der Waals surface area contributed by atoms with Crippen molar-refractivity contribution in [3.63, 3.8) is 0 Å². The number of hydrogen-bond acceptors (Lipinski definition) is 4. The van der Waals surface area contributed by atoms with Crippen LogP contribution in [0.3, 0.4) is 0 Å². The summed E-state index contributed by atoms with van der Waals surface area (Å²) in [5.74, 6) is -0.357. The minimum absolute atomic E-state index is 0.311. The molecule has 0 aliphatic rings. The van der Waals surface area contributed by atoms with Crippen molar-refractivity contribution in [3.8, 4) is 11.4 Å². The zero-order chi connectivity index (χ0) is 12.3. The Labute approximate surface area is 98.7 Å². The van der Waals surface area contributed by atoms with Gasteiger partial charge in [-0.2, -0.15) is 0 Å². The van der Waals surface area contributed by atoms with Crippen LogP contribution in [0.5, 0.6) is 0 Å². The molecule has 0 aromatic carbocycles. The van der Waals surface area contributed by atoms with Crippen molar-refractivity contribution >= 4 is 0 Å². The largest absolute Gasteiger partial charge is 0.315 e. The number of rotatable bonds is 4. The first-order chi connectivity index (χ1) is 8.19. The van der Waals surface area contributed by atoms with Gasteiger partial charge >= 0.3 is 0 Å². The molecule has 2 aromatic heterocycles. The number of aromatic nitrogens is 4. The molecule has 2 heterocycles. The van der Waals surface area contributed by atoms with E-state index in [9.17, 15) is 4.39 Å². The van der Waals surface area contributed by atoms with E-state index in [1.807, 2.05) is 7.05 Å². The second-order valence-corrected chi connectivity index (χ2v) is 3.88. The fourth-order valence-electron chi connectivity index (χ4n) is 1.40. The lowest BCUT2D eigenvalue weighted by atomic mass is 10.3. The van der Waals surface area contributed by atoms with Gasteiger partial charge in [0.2, 0.25) is 0 Å². The molecule has 17 heavy (non-hydrogen) atoms. The maximum atomic E-state index is 12.7. The maximum absolute atomic E-state index is 12.7. The second-order valence-electron chi connectivity index (χ2n) is 3.88. The summed E-state index contributed by atoms with van der Waals surface area (Å²) < 4.78 is 14.5. The molecule has 1 N–H and O–H groups in total. The van der Waals surface area contributed by atoms with E-state index < -0.39 is 0 Å². The van der Waals surface area contributed by atoms with Gasteiger partial charge in [-0.3, -0.25) is 9.67 Å². The summed E-state index contributed by atoms with van der Waals surface area (Å²) in [5, 5.41) is 11.1. The first-order valence-electron chi connectivity index (χ1n) is 5.38. The number of likely N-dealkylation sites (N-methyl/N-ethyl adjacent to an activating group) is 1. The predicted molar refractivity (Wildman–Crippen MR) is 61.7 cm³/mol. The molecule has 2 rings (SSSR count). The van der Waals surface area contributed by atoms with Gasteiger partial charge in [0.05, 0.1) is 24.6 Å². The quantitative estimate of drug-likeness (QED) is 0.861. The molecule has 0 radical (unpaired) electrons. The van der Waals surface area contributed by atoms with Crippen molar-refractivity contribution in [2.24, 2.45) is 0 Å². The highest BCUT2D eigenvalue weighted by Crippen LogP contribution is 2.12. The molecule has 0 fully saturated rings. The number of pyridine rings is 1. The Hall–Kier alpha value is -1.82. The summed E-state index contributed by atoms with van der Waals surface area (Å²) in [5.41, 5.74) is 1.27. The van der Waals surface area contributed by atoms with Gasteiger partial charge in [0.25, 0.3) is 0 Å². The summed E-state index contributed by atoms with van der Waals surface area (Å²) >= 11 is 0. The molecule has 2 aromatic rings. The van der Waals surface area contributed by atoms with E-state index in [2.05, 4.69) is 27.5 Å². The Morgan fingerprint density at radius 1 is 1.41 bits per heavy atom. The average molecular weight is 235 g/mol. The number of nitrogens with one attached hydrogen (secondary N) is 1. The van der Waals surface area contributed by atoms with Crippen LogP contribution >= 0.6 is 0 Å². The Kier molecular flexibility index (Phi) is 3.43. The molecule has 1 atom stereocenters. The molecule has 0 unspecified atom stereocenters. The SMILES string of the molecule is CN[C@@H](C)Cn1cc(-c2ccc(F)cn2)nn1. The minimum Gasteiger partial charge on any atom is -0.315 e. The van der Waals surface area contributed by atoms with Crippen molar-refractivity contribution in [3.05, 3.63) is 30.3 Å². The van der Waals surface area contributed by atoms with Crippen LogP contribution in [0.25, 0.3) is 11.4 Å². The summed E-state index contributed by atoms with van der Waals surface area (Å²) in [7, 11) is 1.89. The van der Waals surface area contributed by atoms with Crippen LogP contribution in [0.15, 0.2) is 24.5 Å². The van der Waals surface area contributed by atoms with Gasteiger partial charge in [0.1, 0.15) is 11.5 Å². The van der Waals surface area contributed by atoms with Gasteiger partial charge in [0, 0.05) is 6.04 Å². The summed E-state index contributed by atoms with van der Waals surface area (Å²) in [6.45, 7) is 2.78. The smallest absolute Gasteiger partial charge is 0.141 e. The minimum atomic E-state index is -0.357. The lowest BCUT2D eigenvalue weighted by Crippen LogP contribution is -2.26. The third kappa shape index (κ3) is 2.85. The van der Waals surface area contributed by atoms with E-state index in [0.717, 1.165) is 6.54 Å². The number of halogens is 1. The van der Waals surface area contributed by atoms with E-state index >= 15 is 0 Å². The highest BCUT2D eigenvalue weighted by molar-refractivity contribution is 5.51. The highest BCUT2D eigenvalue weighted by atomic mass is 19.1. The van der Waals surface area contributed by atoms with E-state index in [1.54, 1.807) is 16.9 Å². The fraction of sp³-hybridized carbons (Fsp3) is 0.364. The maximum Gasteiger partial charge on any atom is 0.141 e. The van der Waals surface area contributed by atoms with Crippen molar-refractivity contribution in [1.82, 2.24) is 25.3 Å². The van der Waals surface area contributed by atoms with E-state index in [-0.39, 0.29) is 5.82 Å². The Bertz CT molecular complexity index is 479. The lowest BCUT2D eigenvalue weighted by Gasteiger charge is -2.08. The standard InChI is InChI=1S/C11H14FN5/c1-8(13-2)6-17-7-11(15-16-17)10-4-3-9(12)5-14-10/h3-5,7-8,13H,6H2,1-2H3/t8-/m0/s1. The topological polar surface area (TPSA) is 55.6 Å². The average Bonchev–Trinajstić information content (AvgIpc) is 2.78. The van der Waals surface area contributed by atoms with Gasteiger partial charge in [-0.25, -0.2) is 4.39 Å². The van der Waals surface area contributed by atoms with Gasteiger partial charge in [-0.15, -0.1) is 5.10 Å². The van der Waals surface area contributed by atoms with Gasteiger partial charge < -0.3 is 5.32 Å². The second kappa shape index (κ2) is 5.01. The van der Waals surface area contributed by atoms with Crippen molar-refractivity contribution in [2.45, 2.75) is 19.5 Å². The predicted octanol–water partition coefficient (Wildman–Crippen LogP) is 1.09. The van der Waals surface area contributed by atoms with Crippen molar-refractivity contribution in [2.75, 3.05) is 7.05 Å². The Morgan fingerprint density at radius 2 is 2.24 bits per heavy atom. The van der Waals surface area contributed by atoms with Crippen LogP contribution in [0.1, 0.15) is 6.92 Å². The summed E-state index contributed by atoms with van der Waals surface area (Å²) in [6.07, 6.45) is 2.97. The van der Waals surface area contributed by atoms with Crippen LogP contribution in [0.4, 0.5) is 4.39 Å². The van der Waals surface area contributed by atoms with Crippen LogP contribution < -0.4 is 5.32 Å². The lowest BCUT2D eigenvalue weighted by molar-refractivity contribution is 0.471. The molecule has 6 heteroatoms. The summed E-state index contributed by atoms with van der Waals surface area (Å²) in [6, 6.07) is 3.26.